The van der Waals surface area contributed by atoms with Crippen LogP contribution < -0.4 is 10.6 Å². The highest BCUT2D eigenvalue weighted by Crippen LogP contribution is 2.20. The Morgan fingerprint density at radius 3 is 2.74 bits per heavy atom. The molecular weight excluding hydrogens is 457 g/mol. The van der Waals surface area contributed by atoms with Gasteiger partial charge >= 0.3 is 0 Å². The summed E-state index contributed by atoms with van der Waals surface area (Å²) in [6.07, 6.45) is 2.83. The standard InChI is InChI=1S/C18H29N7O.HI/c1-11(2)17-23-22-16-7-6-14(10-25(16)17)21-18(19-5)20-9-8-15-12(3)24-26-13(15)4;/h11,14H,6-10H2,1-5H3,(H2,19,20,21);1H. The van der Waals surface area contributed by atoms with Crippen LogP contribution in [0.2, 0.25) is 0 Å². The second-order valence-corrected chi connectivity index (χ2v) is 7.17. The number of nitrogens with zero attached hydrogens (tertiary/aromatic N) is 5. The van der Waals surface area contributed by atoms with Crippen molar-refractivity contribution in [2.45, 2.75) is 65.5 Å². The van der Waals surface area contributed by atoms with Gasteiger partial charge in [-0.2, -0.15) is 0 Å². The Bertz CT molecular complexity index is 761. The number of aliphatic imine (C=N–C) groups is 1. The highest BCUT2D eigenvalue weighted by atomic mass is 127. The molecule has 2 aromatic heterocycles. The van der Waals surface area contributed by atoms with E-state index in [1.807, 2.05) is 13.8 Å². The third-order valence-electron chi connectivity index (χ3n) is 4.90. The fourth-order valence-corrected chi connectivity index (χ4v) is 3.45. The van der Waals surface area contributed by atoms with Gasteiger partial charge in [-0.15, -0.1) is 34.2 Å². The summed E-state index contributed by atoms with van der Waals surface area (Å²) < 4.78 is 7.47. The largest absolute Gasteiger partial charge is 0.361 e. The fourth-order valence-electron chi connectivity index (χ4n) is 3.45. The molecule has 0 aliphatic carbocycles. The van der Waals surface area contributed by atoms with Gasteiger partial charge in [-0.3, -0.25) is 4.99 Å². The molecule has 2 N–H and O–H groups in total. The van der Waals surface area contributed by atoms with E-state index in [-0.39, 0.29) is 24.0 Å². The van der Waals surface area contributed by atoms with Crippen LogP contribution in [0.4, 0.5) is 0 Å². The van der Waals surface area contributed by atoms with E-state index in [1.165, 1.54) is 5.56 Å². The van der Waals surface area contributed by atoms with Crippen LogP contribution in [0.15, 0.2) is 9.52 Å². The van der Waals surface area contributed by atoms with Gasteiger partial charge in [-0.1, -0.05) is 19.0 Å². The highest BCUT2D eigenvalue weighted by molar-refractivity contribution is 14.0. The van der Waals surface area contributed by atoms with Crippen LogP contribution in [-0.2, 0) is 19.4 Å². The molecule has 0 aromatic carbocycles. The van der Waals surface area contributed by atoms with E-state index in [4.69, 9.17) is 4.52 Å². The molecule has 8 nitrogen and oxygen atoms in total. The fraction of sp³-hybridized carbons (Fsp3) is 0.667. The van der Waals surface area contributed by atoms with E-state index < -0.39 is 0 Å². The lowest BCUT2D eigenvalue weighted by molar-refractivity contribution is 0.392. The Labute approximate surface area is 177 Å². The molecule has 9 heteroatoms. The first-order valence-corrected chi connectivity index (χ1v) is 9.30. The van der Waals surface area contributed by atoms with Crippen LogP contribution in [0.25, 0.3) is 0 Å². The SMILES string of the molecule is CN=C(NCCc1c(C)noc1C)NC1CCc2nnc(C(C)C)n2C1.I. The van der Waals surface area contributed by atoms with Crippen molar-refractivity contribution in [2.24, 2.45) is 4.99 Å². The predicted molar refractivity (Wildman–Crippen MR) is 116 cm³/mol. The third kappa shape index (κ3) is 4.99. The molecule has 27 heavy (non-hydrogen) atoms. The molecule has 3 heterocycles. The lowest BCUT2D eigenvalue weighted by atomic mass is 10.1. The smallest absolute Gasteiger partial charge is 0.191 e. The minimum Gasteiger partial charge on any atom is -0.361 e. The Morgan fingerprint density at radius 1 is 1.33 bits per heavy atom. The maximum atomic E-state index is 5.22. The summed E-state index contributed by atoms with van der Waals surface area (Å²) in [6.45, 7) is 9.90. The zero-order chi connectivity index (χ0) is 18.7. The number of aromatic nitrogens is 4. The molecule has 1 unspecified atom stereocenters. The van der Waals surface area contributed by atoms with Gasteiger partial charge in [0.15, 0.2) is 5.96 Å². The zero-order valence-corrected chi connectivity index (χ0v) is 19.1. The van der Waals surface area contributed by atoms with Crippen molar-refractivity contribution in [3.8, 4) is 0 Å². The lowest BCUT2D eigenvalue weighted by Gasteiger charge is -2.27. The maximum Gasteiger partial charge on any atom is 0.191 e. The second-order valence-electron chi connectivity index (χ2n) is 7.17. The molecule has 0 saturated carbocycles. The summed E-state index contributed by atoms with van der Waals surface area (Å²) in [5, 5.41) is 19.6. The maximum absolute atomic E-state index is 5.22. The third-order valence-corrected chi connectivity index (χ3v) is 4.90. The first-order valence-electron chi connectivity index (χ1n) is 9.30. The first kappa shape index (κ1) is 21.6. The molecule has 0 bridgehead atoms. The van der Waals surface area contributed by atoms with Gasteiger partial charge in [0.25, 0.3) is 0 Å². The molecule has 0 radical (unpaired) electrons. The molecule has 150 valence electrons. The van der Waals surface area contributed by atoms with E-state index in [0.29, 0.717) is 12.0 Å². The molecule has 0 fully saturated rings. The molecule has 0 saturated heterocycles. The minimum absolute atomic E-state index is 0. The van der Waals surface area contributed by atoms with Crippen LogP contribution in [0, 0.1) is 13.8 Å². The Morgan fingerprint density at radius 2 is 2.11 bits per heavy atom. The summed E-state index contributed by atoms with van der Waals surface area (Å²) in [4.78, 5) is 4.36. The van der Waals surface area contributed by atoms with Crippen molar-refractivity contribution < 1.29 is 4.52 Å². The van der Waals surface area contributed by atoms with Crippen LogP contribution in [0.1, 0.15) is 54.9 Å². The number of fused-ring (bicyclic) bond motifs is 1. The zero-order valence-electron chi connectivity index (χ0n) is 16.7. The average molecular weight is 487 g/mol. The van der Waals surface area contributed by atoms with Crippen molar-refractivity contribution in [3.63, 3.8) is 0 Å². The van der Waals surface area contributed by atoms with Crippen LogP contribution in [0.3, 0.4) is 0 Å². The van der Waals surface area contributed by atoms with Gasteiger partial charge in [-0.05, 0) is 26.7 Å². The van der Waals surface area contributed by atoms with Crippen molar-refractivity contribution in [3.05, 3.63) is 28.7 Å². The van der Waals surface area contributed by atoms with Gasteiger partial charge in [0.1, 0.15) is 17.4 Å². The van der Waals surface area contributed by atoms with Gasteiger partial charge in [-0.25, -0.2) is 0 Å². The van der Waals surface area contributed by atoms with Crippen LogP contribution in [0.5, 0.6) is 0 Å². The Kier molecular flexibility index (Phi) is 7.63. The van der Waals surface area contributed by atoms with E-state index in [9.17, 15) is 0 Å². The second kappa shape index (κ2) is 9.52. The highest BCUT2D eigenvalue weighted by Gasteiger charge is 2.24. The lowest BCUT2D eigenvalue weighted by Crippen LogP contribution is -2.47. The number of nitrogens with one attached hydrogen (secondary N) is 2. The summed E-state index contributed by atoms with van der Waals surface area (Å²) in [5.74, 6) is 4.24. The normalized spacial score (nSPS) is 16.8. The Hall–Kier alpha value is -1.65. The summed E-state index contributed by atoms with van der Waals surface area (Å²) in [6, 6.07) is 0.321. The van der Waals surface area contributed by atoms with Crippen LogP contribution in [-0.4, -0.2) is 45.5 Å². The van der Waals surface area contributed by atoms with E-state index in [0.717, 1.165) is 61.4 Å². The predicted octanol–water partition coefficient (Wildman–Crippen LogP) is 2.35. The number of aryl methyl sites for hydroxylation is 3. The first-order chi connectivity index (χ1) is 12.5. The van der Waals surface area contributed by atoms with Crippen LogP contribution >= 0.6 is 24.0 Å². The van der Waals surface area contributed by atoms with Crippen molar-refractivity contribution in [2.75, 3.05) is 13.6 Å². The number of halogens is 1. The molecule has 3 rings (SSSR count). The van der Waals surface area contributed by atoms with Gasteiger partial charge in [0.2, 0.25) is 0 Å². The Balaban J connectivity index is 0.00000261. The molecule has 1 aliphatic rings. The summed E-state index contributed by atoms with van der Waals surface area (Å²) >= 11 is 0. The number of hydrogen-bond donors (Lipinski definition) is 2. The minimum atomic E-state index is 0. The van der Waals surface area contributed by atoms with E-state index in [1.54, 1.807) is 7.05 Å². The number of rotatable bonds is 5. The molecule has 0 spiro atoms. The van der Waals surface area contributed by atoms with E-state index >= 15 is 0 Å². The number of guanidine groups is 1. The molecule has 2 aromatic rings. The number of hydrogen-bond acceptors (Lipinski definition) is 5. The van der Waals surface area contributed by atoms with Gasteiger partial charge in [0, 0.05) is 44.1 Å². The molecule has 1 aliphatic heterocycles. The summed E-state index contributed by atoms with van der Waals surface area (Å²) in [5.41, 5.74) is 2.13. The van der Waals surface area contributed by atoms with Crippen molar-refractivity contribution in [1.82, 2.24) is 30.6 Å². The van der Waals surface area contributed by atoms with Gasteiger partial charge < -0.3 is 19.7 Å². The molecule has 1 atom stereocenters. The molecule has 0 amide bonds. The van der Waals surface area contributed by atoms with Crippen molar-refractivity contribution >= 4 is 29.9 Å². The topological polar surface area (TPSA) is 93.2 Å². The average Bonchev–Trinajstić information content (AvgIpc) is 3.18. The summed E-state index contributed by atoms with van der Waals surface area (Å²) in [7, 11) is 1.80. The monoisotopic (exact) mass is 487 g/mol. The van der Waals surface area contributed by atoms with E-state index in [2.05, 4.69) is 49.4 Å². The van der Waals surface area contributed by atoms with Gasteiger partial charge in [0.05, 0.1) is 5.69 Å². The quantitative estimate of drug-likeness (QED) is 0.382. The van der Waals surface area contributed by atoms with Crippen molar-refractivity contribution in [1.29, 1.82) is 0 Å². The molecular formula is C18H30IN7O.